The van der Waals surface area contributed by atoms with E-state index in [1.807, 2.05) is 6.92 Å². The van der Waals surface area contributed by atoms with Gasteiger partial charge >= 0.3 is 6.03 Å². The third-order valence-electron chi connectivity index (χ3n) is 3.85. The minimum Gasteiger partial charge on any atom is -0.395 e. The summed E-state index contributed by atoms with van der Waals surface area (Å²) in [6.07, 6.45) is 6.17. The minimum atomic E-state index is -0.0380. The van der Waals surface area contributed by atoms with E-state index in [9.17, 15) is 4.79 Å². The molecule has 4 heteroatoms. The Hall–Kier alpha value is -0.770. The first-order valence-electron chi connectivity index (χ1n) is 6.81. The fourth-order valence-corrected chi connectivity index (χ4v) is 2.62. The molecule has 2 N–H and O–H groups in total. The largest absolute Gasteiger partial charge is 0.395 e. The first-order valence-corrected chi connectivity index (χ1v) is 6.81. The van der Waals surface area contributed by atoms with Crippen LogP contribution in [-0.2, 0) is 0 Å². The van der Waals surface area contributed by atoms with Gasteiger partial charge in [-0.3, -0.25) is 0 Å². The molecule has 1 rings (SSSR count). The lowest BCUT2D eigenvalue weighted by molar-refractivity contribution is 0.112. The van der Waals surface area contributed by atoms with Gasteiger partial charge in [-0.05, 0) is 31.6 Å². The van der Waals surface area contributed by atoms with Crippen LogP contribution in [0.2, 0.25) is 0 Å². The first-order chi connectivity index (χ1) is 8.17. The number of nitrogens with zero attached hydrogens (tertiary/aromatic N) is 1. The van der Waals surface area contributed by atoms with E-state index in [0.29, 0.717) is 18.5 Å². The van der Waals surface area contributed by atoms with Gasteiger partial charge in [0.05, 0.1) is 6.61 Å². The van der Waals surface area contributed by atoms with Crippen LogP contribution in [0.3, 0.4) is 0 Å². The number of aliphatic hydroxyl groups is 1. The Kier molecular flexibility index (Phi) is 5.75. The average Bonchev–Trinajstić information content (AvgIpc) is 2.28. The zero-order chi connectivity index (χ0) is 12.7. The molecule has 1 aliphatic rings. The van der Waals surface area contributed by atoms with Gasteiger partial charge in [-0.25, -0.2) is 4.79 Å². The van der Waals surface area contributed by atoms with Crippen molar-refractivity contribution in [3.05, 3.63) is 0 Å². The zero-order valence-electron chi connectivity index (χ0n) is 11.2. The molecule has 0 aromatic rings. The quantitative estimate of drug-likeness (QED) is 0.717. The van der Waals surface area contributed by atoms with Crippen LogP contribution in [0.4, 0.5) is 4.79 Å². The molecule has 0 aromatic carbocycles. The van der Waals surface area contributed by atoms with Crippen LogP contribution in [0, 0.1) is 5.41 Å². The molecule has 100 valence electrons. The summed E-state index contributed by atoms with van der Waals surface area (Å²) in [7, 11) is 0. The van der Waals surface area contributed by atoms with Crippen LogP contribution in [0.15, 0.2) is 0 Å². The number of amides is 2. The van der Waals surface area contributed by atoms with Crippen molar-refractivity contribution in [2.24, 2.45) is 5.41 Å². The van der Waals surface area contributed by atoms with Crippen molar-refractivity contribution in [2.75, 3.05) is 26.2 Å². The fraction of sp³-hybridized carbons (Fsp3) is 0.923. The lowest BCUT2D eigenvalue weighted by Crippen LogP contribution is -2.47. The van der Waals surface area contributed by atoms with Gasteiger partial charge in [0.15, 0.2) is 0 Å². The Labute approximate surface area is 104 Å². The maximum Gasteiger partial charge on any atom is 0.317 e. The lowest BCUT2D eigenvalue weighted by atomic mass is 9.66. The zero-order valence-corrected chi connectivity index (χ0v) is 11.2. The van der Waals surface area contributed by atoms with Crippen molar-refractivity contribution in [3.63, 3.8) is 0 Å². The summed E-state index contributed by atoms with van der Waals surface area (Å²) < 4.78 is 0. The monoisotopic (exact) mass is 242 g/mol. The maximum atomic E-state index is 11.9. The van der Waals surface area contributed by atoms with E-state index in [4.69, 9.17) is 5.11 Å². The molecule has 0 heterocycles. The highest BCUT2D eigenvalue weighted by Gasteiger charge is 2.36. The van der Waals surface area contributed by atoms with E-state index >= 15 is 0 Å². The second kappa shape index (κ2) is 6.84. The summed E-state index contributed by atoms with van der Waals surface area (Å²) in [5, 5.41) is 11.9. The molecular formula is C13H26N2O2. The van der Waals surface area contributed by atoms with Crippen molar-refractivity contribution < 1.29 is 9.90 Å². The summed E-state index contributed by atoms with van der Waals surface area (Å²) >= 11 is 0. The fourth-order valence-electron chi connectivity index (χ4n) is 2.62. The highest BCUT2D eigenvalue weighted by molar-refractivity contribution is 5.74. The van der Waals surface area contributed by atoms with Gasteiger partial charge in [0.2, 0.25) is 0 Å². The van der Waals surface area contributed by atoms with Gasteiger partial charge in [0.1, 0.15) is 0 Å². The highest BCUT2D eigenvalue weighted by atomic mass is 16.3. The van der Waals surface area contributed by atoms with Crippen molar-refractivity contribution in [1.29, 1.82) is 0 Å². The molecule has 0 saturated heterocycles. The van der Waals surface area contributed by atoms with Gasteiger partial charge < -0.3 is 15.3 Å². The summed E-state index contributed by atoms with van der Waals surface area (Å²) in [5.41, 5.74) is 0.364. The Morgan fingerprint density at radius 1 is 1.41 bits per heavy atom. The van der Waals surface area contributed by atoms with E-state index in [1.54, 1.807) is 4.90 Å². The normalized spacial score (nSPS) is 17.4. The van der Waals surface area contributed by atoms with Crippen LogP contribution in [0.1, 0.15) is 46.0 Å². The molecule has 17 heavy (non-hydrogen) atoms. The minimum absolute atomic E-state index is 0.0291. The van der Waals surface area contributed by atoms with E-state index in [1.165, 1.54) is 32.1 Å². The lowest BCUT2D eigenvalue weighted by Gasteiger charge is -2.42. The number of likely N-dealkylation sites (N-methyl/N-ethyl adjacent to an activating group) is 1. The predicted molar refractivity (Wildman–Crippen MR) is 68.9 cm³/mol. The van der Waals surface area contributed by atoms with Crippen molar-refractivity contribution >= 4 is 6.03 Å². The van der Waals surface area contributed by atoms with Crippen molar-refractivity contribution in [3.8, 4) is 0 Å². The molecule has 1 aliphatic carbocycles. The molecule has 0 aliphatic heterocycles. The number of carbonyl (C=O) groups excluding carboxylic acids is 1. The third kappa shape index (κ3) is 3.87. The molecular weight excluding hydrogens is 216 g/mol. The van der Waals surface area contributed by atoms with Crippen molar-refractivity contribution in [1.82, 2.24) is 10.2 Å². The number of aliphatic hydroxyl groups excluding tert-OH is 1. The molecule has 2 amide bonds. The molecule has 0 aromatic heterocycles. The molecule has 0 spiro atoms. The van der Waals surface area contributed by atoms with E-state index in [0.717, 1.165) is 6.54 Å². The number of carbonyl (C=O) groups is 1. The summed E-state index contributed by atoms with van der Waals surface area (Å²) in [6, 6.07) is -0.0380. The Morgan fingerprint density at radius 3 is 2.53 bits per heavy atom. The number of hydrogen-bond donors (Lipinski definition) is 2. The van der Waals surface area contributed by atoms with E-state index in [-0.39, 0.29) is 12.6 Å². The van der Waals surface area contributed by atoms with Crippen LogP contribution in [0.25, 0.3) is 0 Å². The SMILES string of the molecule is CCCC1(CNC(=O)N(CC)CCO)CCC1. The Balaban J connectivity index is 2.35. The third-order valence-corrected chi connectivity index (χ3v) is 3.85. The molecule has 0 bridgehead atoms. The number of urea groups is 1. The van der Waals surface area contributed by atoms with Gasteiger partial charge in [-0.15, -0.1) is 0 Å². The van der Waals surface area contributed by atoms with Crippen LogP contribution < -0.4 is 5.32 Å². The highest BCUT2D eigenvalue weighted by Crippen LogP contribution is 2.44. The van der Waals surface area contributed by atoms with Crippen LogP contribution in [0.5, 0.6) is 0 Å². The standard InChI is InChI=1S/C13H26N2O2/c1-3-6-13(7-5-8-13)11-14-12(17)15(4-2)9-10-16/h16H,3-11H2,1-2H3,(H,14,17). The van der Waals surface area contributed by atoms with Gasteiger partial charge in [-0.2, -0.15) is 0 Å². The Bertz CT molecular complexity index is 240. The average molecular weight is 242 g/mol. The van der Waals surface area contributed by atoms with Gasteiger partial charge in [-0.1, -0.05) is 19.8 Å². The Morgan fingerprint density at radius 2 is 2.12 bits per heavy atom. The molecule has 4 nitrogen and oxygen atoms in total. The summed E-state index contributed by atoms with van der Waals surface area (Å²) in [4.78, 5) is 13.5. The van der Waals surface area contributed by atoms with Crippen LogP contribution >= 0.6 is 0 Å². The topological polar surface area (TPSA) is 52.6 Å². The van der Waals surface area contributed by atoms with E-state index in [2.05, 4.69) is 12.2 Å². The maximum absolute atomic E-state index is 11.9. The number of rotatable bonds is 7. The first kappa shape index (κ1) is 14.3. The molecule has 1 saturated carbocycles. The second-order valence-corrected chi connectivity index (χ2v) is 5.07. The predicted octanol–water partition coefficient (Wildman–Crippen LogP) is 1.98. The summed E-state index contributed by atoms with van der Waals surface area (Å²) in [5.74, 6) is 0. The number of nitrogens with one attached hydrogen (secondary N) is 1. The molecule has 1 fully saturated rings. The molecule has 0 radical (unpaired) electrons. The van der Waals surface area contributed by atoms with Crippen LogP contribution in [-0.4, -0.2) is 42.3 Å². The number of hydrogen-bond acceptors (Lipinski definition) is 2. The molecule has 0 atom stereocenters. The summed E-state index contributed by atoms with van der Waals surface area (Å²) in [6.45, 7) is 6.02. The molecule has 0 unspecified atom stereocenters. The van der Waals surface area contributed by atoms with Gasteiger partial charge in [0, 0.05) is 19.6 Å². The second-order valence-electron chi connectivity index (χ2n) is 5.07. The van der Waals surface area contributed by atoms with Crippen molar-refractivity contribution in [2.45, 2.75) is 46.0 Å². The smallest absolute Gasteiger partial charge is 0.317 e. The van der Waals surface area contributed by atoms with Gasteiger partial charge in [0.25, 0.3) is 0 Å². The van der Waals surface area contributed by atoms with E-state index < -0.39 is 0 Å².